The van der Waals surface area contributed by atoms with Crippen molar-refractivity contribution in [3.8, 4) is 11.5 Å². The summed E-state index contributed by atoms with van der Waals surface area (Å²) in [4.78, 5) is 20.8. The molecular formula is C19H17FN4O3. The minimum Gasteiger partial charge on any atom is -0.497 e. The fraction of sp³-hybridized carbons (Fsp3) is 0.105. The van der Waals surface area contributed by atoms with Gasteiger partial charge in [-0.3, -0.25) is 4.79 Å². The second-order valence-electron chi connectivity index (χ2n) is 5.42. The van der Waals surface area contributed by atoms with Gasteiger partial charge in [0.2, 0.25) is 5.95 Å². The highest BCUT2D eigenvalue weighted by Gasteiger charge is 2.13. The predicted molar refractivity (Wildman–Crippen MR) is 99.2 cm³/mol. The monoisotopic (exact) mass is 368 g/mol. The molecule has 1 amide bonds. The number of nitrogens with zero attached hydrogens (tertiary/aromatic N) is 2. The van der Waals surface area contributed by atoms with Crippen LogP contribution in [0.1, 0.15) is 10.5 Å². The standard InChI is InChI=1S/C19H17FN4O3/c1-26-14-6-7-17(27-2)16(11-14)23-18(25)15-8-9-21-19(24-15)22-13-5-3-4-12(20)10-13/h3-11H,1-2H3,(H,23,25)(H,21,22,24). The predicted octanol–water partition coefficient (Wildman–Crippen LogP) is 3.63. The topological polar surface area (TPSA) is 85.4 Å². The number of hydrogen-bond acceptors (Lipinski definition) is 6. The van der Waals surface area contributed by atoms with E-state index in [4.69, 9.17) is 9.47 Å². The lowest BCUT2D eigenvalue weighted by molar-refractivity contribution is 0.102. The third kappa shape index (κ3) is 4.49. The van der Waals surface area contributed by atoms with Gasteiger partial charge in [-0.2, -0.15) is 0 Å². The van der Waals surface area contributed by atoms with Gasteiger partial charge in [0.05, 0.1) is 19.9 Å². The molecule has 0 unspecified atom stereocenters. The summed E-state index contributed by atoms with van der Waals surface area (Å²) in [7, 11) is 3.03. The number of ether oxygens (including phenoxy) is 2. The maximum absolute atomic E-state index is 13.3. The maximum atomic E-state index is 13.3. The highest BCUT2D eigenvalue weighted by atomic mass is 19.1. The Labute approximate surface area is 155 Å². The molecule has 0 saturated carbocycles. The Bertz CT molecular complexity index is 965. The second-order valence-corrected chi connectivity index (χ2v) is 5.42. The average molecular weight is 368 g/mol. The number of amides is 1. The van der Waals surface area contributed by atoms with Crippen LogP contribution in [0.2, 0.25) is 0 Å². The molecule has 0 spiro atoms. The molecule has 8 heteroatoms. The first-order valence-corrected chi connectivity index (χ1v) is 7.98. The van der Waals surface area contributed by atoms with Gasteiger partial charge in [-0.1, -0.05) is 6.07 Å². The van der Waals surface area contributed by atoms with E-state index >= 15 is 0 Å². The van der Waals surface area contributed by atoms with E-state index in [1.54, 1.807) is 30.3 Å². The Kier molecular flexibility index (Phi) is 5.46. The molecule has 7 nitrogen and oxygen atoms in total. The van der Waals surface area contributed by atoms with Gasteiger partial charge in [0, 0.05) is 18.0 Å². The van der Waals surface area contributed by atoms with Crippen LogP contribution in [0.25, 0.3) is 0 Å². The Hall–Kier alpha value is -3.68. The van der Waals surface area contributed by atoms with Crippen LogP contribution in [0.5, 0.6) is 11.5 Å². The van der Waals surface area contributed by atoms with E-state index in [0.29, 0.717) is 22.9 Å². The lowest BCUT2D eigenvalue weighted by atomic mass is 10.2. The zero-order valence-electron chi connectivity index (χ0n) is 14.7. The molecule has 0 atom stereocenters. The summed E-state index contributed by atoms with van der Waals surface area (Å²) in [5, 5.41) is 5.59. The van der Waals surface area contributed by atoms with Gasteiger partial charge in [-0.25, -0.2) is 14.4 Å². The van der Waals surface area contributed by atoms with Crippen LogP contribution >= 0.6 is 0 Å². The highest BCUT2D eigenvalue weighted by Crippen LogP contribution is 2.29. The van der Waals surface area contributed by atoms with E-state index in [1.807, 2.05) is 0 Å². The first-order chi connectivity index (χ1) is 13.1. The maximum Gasteiger partial charge on any atom is 0.274 e. The van der Waals surface area contributed by atoms with E-state index in [9.17, 15) is 9.18 Å². The van der Waals surface area contributed by atoms with Crippen molar-refractivity contribution < 1.29 is 18.7 Å². The van der Waals surface area contributed by atoms with E-state index in [1.165, 1.54) is 38.6 Å². The van der Waals surface area contributed by atoms with Crippen molar-refractivity contribution in [2.45, 2.75) is 0 Å². The van der Waals surface area contributed by atoms with Gasteiger partial charge < -0.3 is 20.1 Å². The van der Waals surface area contributed by atoms with E-state index in [2.05, 4.69) is 20.6 Å². The summed E-state index contributed by atoms with van der Waals surface area (Å²) in [6.07, 6.45) is 1.44. The fourth-order valence-electron chi connectivity index (χ4n) is 2.34. The normalized spacial score (nSPS) is 10.2. The molecule has 3 rings (SSSR count). The summed E-state index contributed by atoms with van der Waals surface area (Å²) in [6, 6.07) is 12.4. The Balaban J connectivity index is 1.80. The molecular weight excluding hydrogens is 351 g/mol. The average Bonchev–Trinajstić information content (AvgIpc) is 2.68. The van der Waals surface area contributed by atoms with E-state index in [-0.39, 0.29) is 17.5 Å². The van der Waals surface area contributed by atoms with Gasteiger partial charge in [0.25, 0.3) is 5.91 Å². The summed E-state index contributed by atoms with van der Waals surface area (Å²) in [6.45, 7) is 0. The van der Waals surface area contributed by atoms with Crippen LogP contribution in [0.15, 0.2) is 54.7 Å². The number of rotatable bonds is 6. The Morgan fingerprint density at radius 1 is 1.07 bits per heavy atom. The number of anilines is 3. The molecule has 1 heterocycles. The van der Waals surface area contributed by atoms with Crippen molar-refractivity contribution in [3.63, 3.8) is 0 Å². The van der Waals surface area contributed by atoms with Crippen molar-refractivity contribution in [3.05, 3.63) is 66.2 Å². The van der Waals surface area contributed by atoms with E-state index < -0.39 is 5.91 Å². The molecule has 0 radical (unpaired) electrons. The Morgan fingerprint density at radius 3 is 2.67 bits per heavy atom. The molecule has 0 fully saturated rings. The van der Waals surface area contributed by atoms with Crippen molar-refractivity contribution in [2.24, 2.45) is 0 Å². The van der Waals surface area contributed by atoms with Crippen molar-refractivity contribution in [2.75, 3.05) is 24.9 Å². The number of benzene rings is 2. The lowest BCUT2D eigenvalue weighted by Gasteiger charge is -2.12. The minimum absolute atomic E-state index is 0.133. The minimum atomic E-state index is -0.453. The van der Waals surface area contributed by atoms with Crippen molar-refractivity contribution in [1.82, 2.24) is 9.97 Å². The third-order valence-electron chi connectivity index (χ3n) is 3.62. The smallest absolute Gasteiger partial charge is 0.274 e. The quantitative estimate of drug-likeness (QED) is 0.691. The molecule has 27 heavy (non-hydrogen) atoms. The molecule has 1 aromatic heterocycles. The van der Waals surface area contributed by atoms with Gasteiger partial charge in [-0.15, -0.1) is 0 Å². The SMILES string of the molecule is COc1ccc(OC)c(NC(=O)c2ccnc(Nc3cccc(F)c3)n2)c1. The zero-order valence-corrected chi connectivity index (χ0v) is 14.7. The molecule has 2 N–H and O–H groups in total. The van der Waals surface area contributed by atoms with Crippen LogP contribution in [0.4, 0.5) is 21.7 Å². The number of nitrogens with one attached hydrogen (secondary N) is 2. The number of methoxy groups -OCH3 is 2. The lowest BCUT2D eigenvalue weighted by Crippen LogP contribution is -2.15. The largest absolute Gasteiger partial charge is 0.497 e. The van der Waals surface area contributed by atoms with Gasteiger partial charge >= 0.3 is 0 Å². The number of halogens is 1. The molecule has 0 bridgehead atoms. The highest BCUT2D eigenvalue weighted by molar-refractivity contribution is 6.04. The van der Waals surface area contributed by atoms with Gasteiger partial charge in [0.15, 0.2) is 0 Å². The fourth-order valence-corrected chi connectivity index (χ4v) is 2.34. The Morgan fingerprint density at radius 2 is 1.93 bits per heavy atom. The summed E-state index contributed by atoms with van der Waals surface area (Å²) in [5.41, 5.74) is 1.05. The van der Waals surface area contributed by atoms with Crippen LogP contribution < -0.4 is 20.1 Å². The molecule has 3 aromatic rings. The number of carbonyl (C=O) groups is 1. The zero-order chi connectivity index (χ0) is 19.2. The summed E-state index contributed by atoms with van der Waals surface area (Å²) >= 11 is 0. The third-order valence-corrected chi connectivity index (χ3v) is 3.62. The number of hydrogen-bond donors (Lipinski definition) is 2. The van der Waals surface area contributed by atoms with Crippen molar-refractivity contribution >= 4 is 23.2 Å². The molecule has 2 aromatic carbocycles. The van der Waals surface area contributed by atoms with Crippen LogP contribution in [-0.4, -0.2) is 30.1 Å². The molecule has 0 aliphatic heterocycles. The molecule has 0 aliphatic rings. The molecule has 0 aliphatic carbocycles. The molecule has 0 saturated heterocycles. The first-order valence-electron chi connectivity index (χ1n) is 7.98. The second kappa shape index (κ2) is 8.13. The van der Waals surface area contributed by atoms with Gasteiger partial charge in [0.1, 0.15) is 23.0 Å². The first kappa shape index (κ1) is 18.1. The van der Waals surface area contributed by atoms with Crippen LogP contribution in [-0.2, 0) is 0 Å². The number of carbonyl (C=O) groups excluding carboxylic acids is 1. The van der Waals surface area contributed by atoms with Crippen molar-refractivity contribution in [1.29, 1.82) is 0 Å². The summed E-state index contributed by atoms with van der Waals surface area (Å²) in [5.74, 6) is 0.384. The van der Waals surface area contributed by atoms with Crippen LogP contribution in [0.3, 0.4) is 0 Å². The molecule has 138 valence electrons. The van der Waals surface area contributed by atoms with E-state index in [0.717, 1.165) is 0 Å². The van der Waals surface area contributed by atoms with Crippen LogP contribution in [0, 0.1) is 5.82 Å². The van der Waals surface area contributed by atoms with Gasteiger partial charge in [-0.05, 0) is 36.4 Å². The summed E-state index contributed by atoms with van der Waals surface area (Å²) < 4.78 is 23.7. The number of aromatic nitrogens is 2.